The third-order valence-electron chi connectivity index (χ3n) is 3.45. The fourth-order valence-electron chi connectivity index (χ4n) is 2.16. The summed E-state index contributed by atoms with van der Waals surface area (Å²) in [6.07, 6.45) is 6.42. The van der Waals surface area contributed by atoms with Crippen molar-refractivity contribution in [1.29, 1.82) is 0 Å². The minimum Gasteiger partial charge on any atom is -0.503 e. The molecule has 0 heterocycles. The Balaban J connectivity index is 2.43. The van der Waals surface area contributed by atoms with Gasteiger partial charge in [0.1, 0.15) is 0 Å². The van der Waals surface area contributed by atoms with Gasteiger partial charge >= 0.3 is 0 Å². The highest BCUT2D eigenvalue weighted by atomic mass is 79.9. The van der Waals surface area contributed by atoms with Crippen molar-refractivity contribution in [3.8, 4) is 11.5 Å². The lowest BCUT2D eigenvalue weighted by atomic mass is 10.1. The molecule has 114 valence electrons. The van der Waals surface area contributed by atoms with Gasteiger partial charge in [0.25, 0.3) is 0 Å². The van der Waals surface area contributed by atoms with Crippen molar-refractivity contribution in [1.82, 2.24) is 5.32 Å². The summed E-state index contributed by atoms with van der Waals surface area (Å²) >= 11 is 3.35. The lowest BCUT2D eigenvalue weighted by molar-refractivity contribution is 0.371. The van der Waals surface area contributed by atoms with Gasteiger partial charge < -0.3 is 15.2 Å². The quantitative estimate of drug-likeness (QED) is 0.643. The molecule has 0 fully saturated rings. The molecule has 1 aromatic rings. The summed E-state index contributed by atoms with van der Waals surface area (Å²) < 4.78 is 5.83. The lowest BCUT2D eigenvalue weighted by Crippen LogP contribution is -2.25. The van der Waals surface area contributed by atoms with Gasteiger partial charge in [-0.2, -0.15) is 0 Å². The Morgan fingerprint density at radius 3 is 2.70 bits per heavy atom. The number of unbranched alkanes of at least 4 members (excludes halogenated alkanes) is 3. The third-order valence-corrected chi connectivity index (χ3v) is 4.06. The number of rotatable bonds is 9. The first-order valence-electron chi connectivity index (χ1n) is 7.37. The number of nitrogens with one attached hydrogen (secondary N) is 1. The van der Waals surface area contributed by atoms with Crippen LogP contribution in [0.5, 0.6) is 11.5 Å². The molecule has 1 atom stereocenters. The predicted molar refractivity (Wildman–Crippen MR) is 87.4 cm³/mol. The average Bonchev–Trinajstić information content (AvgIpc) is 2.44. The van der Waals surface area contributed by atoms with Crippen LogP contribution in [-0.4, -0.2) is 18.3 Å². The van der Waals surface area contributed by atoms with Crippen molar-refractivity contribution in [3.63, 3.8) is 0 Å². The van der Waals surface area contributed by atoms with Crippen LogP contribution in [0.3, 0.4) is 0 Å². The van der Waals surface area contributed by atoms with Gasteiger partial charge in [-0.3, -0.25) is 0 Å². The number of hydrogen-bond acceptors (Lipinski definition) is 3. The number of hydrogen-bond donors (Lipinski definition) is 2. The van der Waals surface area contributed by atoms with Gasteiger partial charge in [-0.15, -0.1) is 0 Å². The van der Waals surface area contributed by atoms with Crippen molar-refractivity contribution in [2.45, 2.75) is 58.5 Å². The van der Waals surface area contributed by atoms with E-state index in [1.165, 1.54) is 32.1 Å². The lowest BCUT2D eigenvalue weighted by Gasteiger charge is -2.15. The van der Waals surface area contributed by atoms with Crippen LogP contribution in [0.15, 0.2) is 16.6 Å². The van der Waals surface area contributed by atoms with Gasteiger partial charge in [-0.1, -0.05) is 32.6 Å². The molecule has 20 heavy (non-hydrogen) atoms. The molecule has 3 nitrogen and oxygen atoms in total. The van der Waals surface area contributed by atoms with Gasteiger partial charge in [-0.25, -0.2) is 0 Å². The molecule has 0 saturated heterocycles. The summed E-state index contributed by atoms with van der Waals surface area (Å²) in [6.45, 7) is 5.24. The number of halogens is 1. The van der Waals surface area contributed by atoms with E-state index in [1.54, 1.807) is 7.11 Å². The highest BCUT2D eigenvalue weighted by Crippen LogP contribution is 2.35. The topological polar surface area (TPSA) is 41.5 Å². The molecular formula is C16H26BrNO2. The van der Waals surface area contributed by atoms with Crippen LogP contribution in [-0.2, 0) is 6.54 Å². The minimum absolute atomic E-state index is 0.156. The second-order valence-electron chi connectivity index (χ2n) is 5.26. The first kappa shape index (κ1) is 17.3. The van der Waals surface area contributed by atoms with Crippen molar-refractivity contribution >= 4 is 15.9 Å². The van der Waals surface area contributed by atoms with E-state index in [4.69, 9.17) is 4.74 Å². The van der Waals surface area contributed by atoms with E-state index in [1.807, 2.05) is 12.1 Å². The summed E-state index contributed by atoms with van der Waals surface area (Å²) in [5.74, 6) is 0.663. The maximum atomic E-state index is 9.77. The summed E-state index contributed by atoms with van der Waals surface area (Å²) in [5, 5.41) is 13.3. The zero-order chi connectivity index (χ0) is 15.0. The summed E-state index contributed by atoms with van der Waals surface area (Å²) in [4.78, 5) is 0. The molecule has 1 unspecified atom stereocenters. The molecule has 0 aromatic heterocycles. The number of aromatic hydroxyl groups is 1. The molecule has 0 aliphatic heterocycles. The van der Waals surface area contributed by atoms with Crippen molar-refractivity contribution in [2.75, 3.05) is 7.11 Å². The van der Waals surface area contributed by atoms with Gasteiger partial charge in [0.2, 0.25) is 0 Å². The van der Waals surface area contributed by atoms with Crippen LogP contribution >= 0.6 is 15.9 Å². The number of methoxy groups -OCH3 is 1. The monoisotopic (exact) mass is 343 g/mol. The number of phenolic OH excluding ortho intramolecular Hbond substituents is 1. The number of ether oxygens (including phenoxy) is 1. The first-order valence-corrected chi connectivity index (χ1v) is 8.16. The largest absolute Gasteiger partial charge is 0.503 e. The van der Waals surface area contributed by atoms with E-state index in [0.29, 0.717) is 16.3 Å². The molecule has 0 aliphatic rings. The normalized spacial score (nSPS) is 12.4. The standard InChI is InChI=1S/C16H26BrNO2/c1-4-5-6-7-8-12(2)18-11-13-9-14(17)16(19)15(10-13)20-3/h9-10,12,18-19H,4-8,11H2,1-3H3. The SMILES string of the molecule is CCCCCCC(C)NCc1cc(Br)c(O)c(OC)c1. The molecule has 0 amide bonds. The zero-order valence-electron chi connectivity index (χ0n) is 12.7. The molecule has 0 aliphatic carbocycles. The smallest absolute Gasteiger partial charge is 0.172 e. The Kier molecular flexibility index (Phi) is 8.00. The van der Waals surface area contributed by atoms with Crippen molar-refractivity contribution < 1.29 is 9.84 Å². The molecular weight excluding hydrogens is 318 g/mol. The van der Waals surface area contributed by atoms with Gasteiger partial charge in [0.15, 0.2) is 11.5 Å². The molecule has 1 aromatic carbocycles. The van der Waals surface area contributed by atoms with Crippen molar-refractivity contribution in [3.05, 3.63) is 22.2 Å². The van der Waals surface area contributed by atoms with Crippen LogP contribution in [0.4, 0.5) is 0 Å². The fourth-order valence-corrected chi connectivity index (χ4v) is 2.65. The predicted octanol–water partition coefficient (Wildman–Crippen LogP) is 4.61. The first-order chi connectivity index (χ1) is 9.58. The van der Waals surface area contributed by atoms with E-state index in [0.717, 1.165) is 12.1 Å². The highest BCUT2D eigenvalue weighted by molar-refractivity contribution is 9.10. The van der Waals surface area contributed by atoms with E-state index < -0.39 is 0 Å². The van der Waals surface area contributed by atoms with E-state index in [2.05, 4.69) is 35.1 Å². The molecule has 2 N–H and O–H groups in total. The molecule has 0 saturated carbocycles. The van der Waals surface area contributed by atoms with Gasteiger partial charge in [0.05, 0.1) is 11.6 Å². The van der Waals surface area contributed by atoms with E-state index >= 15 is 0 Å². The van der Waals surface area contributed by atoms with E-state index in [9.17, 15) is 5.11 Å². The fraction of sp³-hybridized carbons (Fsp3) is 0.625. The summed E-state index contributed by atoms with van der Waals surface area (Å²) in [6, 6.07) is 4.30. The van der Waals surface area contributed by atoms with Crippen LogP contribution in [0.2, 0.25) is 0 Å². The number of benzene rings is 1. The Bertz CT molecular complexity index is 410. The Hall–Kier alpha value is -0.740. The third kappa shape index (κ3) is 5.71. The second kappa shape index (κ2) is 9.24. The molecule has 0 spiro atoms. The maximum absolute atomic E-state index is 9.77. The van der Waals surface area contributed by atoms with Crippen molar-refractivity contribution in [2.24, 2.45) is 0 Å². The minimum atomic E-state index is 0.156. The van der Waals surface area contributed by atoms with Crippen LogP contribution < -0.4 is 10.1 Å². The van der Waals surface area contributed by atoms with Gasteiger partial charge in [-0.05, 0) is 47.0 Å². The van der Waals surface area contributed by atoms with Crippen LogP contribution in [0, 0.1) is 0 Å². The zero-order valence-corrected chi connectivity index (χ0v) is 14.3. The Morgan fingerprint density at radius 1 is 1.30 bits per heavy atom. The molecule has 0 bridgehead atoms. The summed E-state index contributed by atoms with van der Waals surface area (Å²) in [7, 11) is 1.56. The van der Waals surface area contributed by atoms with Gasteiger partial charge in [0, 0.05) is 12.6 Å². The Labute approximate surface area is 130 Å². The van der Waals surface area contributed by atoms with Crippen LogP contribution in [0.1, 0.15) is 51.5 Å². The van der Waals surface area contributed by atoms with Crippen LogP contribution in [0.25, 0.3) is 0 Å². The number of phenols is 1. The highest BCUT2D eigenvalue weighted by Gasteiger charge is 2.09. The molecule has 1 rings (SSSR count). The average molecular weight is 344 g/mol. The molecule has 4 heteroatoms. The maximum Gasteiger partial charge on any atom is 0.172 e. The molecule has 0 radical (unpaired) electrons. The van der Waals surface area contributed by atoms with E-state index in [-0.39, 0.29) is 5.75 Å². The summed E-state index contributed by atoms with van der Waals surface area (Å²) in [5.41, 5.74) is 1.10. The second-order valence-corrected chi connectivity index (χ2v) is 6.11. The Morgan fingerprint density at radius 2 is 2.05 bits per heavy atom.